The molecule has 5 N–H and O–H groups in total. The molecule has 0 amide bonds. The average molecular weight is 549 g/mol. The van der Waals surface area contributed by atoms with Gasteiger partial charge in [-0.2, -0.15) is 0 Å². The van der Waals surface area contributed by atoms with Gasteiger partial charge in [-0.3, -0.25) is 4.79 Å². The zero-order valence-electron chi connectivity index (χ0n) is 24.2. The first-order chi connectivity index (χ1) is 18.0. The summed E-state index contributed by atoms with van der Waals surface area (Å²) in [6.45, 7) is 13.8. The molecule has 9 nitrogen and oxygen atoms in total. The van der Waals surface area contributed by atoms with Gasteiger partial charge in [-0.05, 0) is 59.1 Å². The molecule has 0 unspecified atom stereocenters. The molecule has 9 heteroatoms. The molecule has 39 heavy (non-hydrogen) atoms. The van der Waals surface area contributed by atoms with Gasteiger partial charge in [0.15, 0.2) is 11.5 Å². The van der Waals surface area contributed by atoms with Crippen molar-refractivity contribution in [2.24, 2.45) is 11.3 Å². The maximum absolute atomic E-state index is 11.8. The third-order valence-electron chi connectivity index (χ3n) is 9.59. The van der Waals surface area contributed by atoms with Crippen LogP contribution in [0, 0.1) is 11.3 Å². The lowest BCUT2D eigenvalue weighted by Gasteiger charge is -2.62. The number of benzene rings is 1. The van der Waals surface area contributed by atoms with Crippen molar-refractivity contribution in [1.82, 2.24) is 0 Å². The van der Waals surface area contributed by atoms with Crippen LogP contribution >= 0.6 is 0 Å². The Labute approximate surface area is 230 Å². The predicted molar refractivity (Wildman–Crippen MR) is 144 cm³/mol. The number of phenols is 2. The van der Waals surface area contributed by atoms with Gasteiger partial charge in [0.25, 0.3) is 0 Å². The highest BCUT2D eigenvalue weighted by molar-refractivity contribution is 5.67. The second-order valence-corrected chi connectivity index (χ2v) is 12.7. The fraction of sp³-hybridized carbons (Fsp3) is 0.700. The van der Waals surface area contributed by atoms with Crippen molar-refractivity contribution >= 4 is 5.97 Å². The molecular weight excluding hydrogens is 504 g/mol. The standard InChI is InChI=1S/C30H44O9/c1-9-14(2)25(37-16(4)31)15(3)17-12-18(32)22-24(35)27-29(7,39-26(22)23(17)34)11-10-20-30(27,8)19(33)13-21(38-20)28(5,6)36/h9,12,15,19-21,24-25,27,32-36H,10-11,13H2,1-8H3/b14-9+/t15-,19-,20+,21+,24+,25+,27-,29+,30-/m0/s1. The Hall–Kier alpha value is -2.33. The van der Waals surface area contributed by atoms with E-state index in [0.29, 0.717) is 18.4 Å². The van der Waals surface area contributed by atoms with Gasteiger partial charge >= 0.3 is 5.97 Å². The van der Waals surface area contributed by atoms with E-state index >= 15 is 0 Å². The SMILES string of the molecule is C/C=C(\C)[C@@H](OC(C)=O)[C@@H](C)c1cc(O)c2c(c1O)O[C@]1(C)CC[C@H]3O[C@@H](C(C)(C)O)C[C@H](O)[C@]3(C)[C@H]1[C@@H]2O. The van der Waals surface area contributed by atoms with E-state index in [1.807, 2.05) is 33.8 Å². The monoisotopic (exact) mass is 548 g/mol. The van der Waals surface area contributed by atoms with Crippen LogP contribution in [0.2, 0.25) is 0 Å². The van der Waals surface area contributed by atoms with Crippen LogP contribution in [-0.2, 0) is 14.3 Å². The Morgan fingerprint density at radius 2 is 1.87 bits per heavy atom. The number of aliphatic hydroxyl groups is 3. The number of phenolic OH excluding ortho intramolecular Hbond substituents is 2. The number of rotatable bonds is 5. The third-order valence-corrected chi connectivity index (χ3v) is 9.59. The lowest BCUT2D eigenvalue weighted by atomic mass is 9.52. The molecule has 2 heterocycles. The van der Waals surface area contributed by atoms with Crippen molar-refractivity contribution in [3.05, 3.63) is 28.8 Å². The summed E-state index contributed by atoms with van der Waals surface area (Å²) in [6, 6.07) is 1.38. The van der Waals surface area contributed by atoms with Gasteiger partial charge in [-0.1, -0.05) is 19.9 Å². The van der Waals surface area contributed by atoms with E-state index < -0.39 is 64.9 Å². The van der Waals surface area contributed by atoms with Crippen LogP contribution in [0.25, 0.3) is 0 Å². The molecule has 1 aliphatic carbocycles. The molecule has 1 saturated carbocycles. The normalized spacial score (nSPS) is 36.1. The molecule has 1 aromatic carbocycles. The van der Waals surface area contributed by atoms with Crippen LogP contribution in [0.3, 0.4) is 0 Å². The van der Waals surface area contributed by atoms with Crippen molar-refractivity contribution in [2.45, 2.75) is 122 Å². The Morgan fingerprint density at radius 1 is 1.23 bits per heavy atom. The van der Waals surface area contributed by atoms with Crippen molar-refractivity contribution < 1.29 is 44.5 Å². The number of esters is 1. The van der Waals surface area contributed by atoms with E-state index in [9.17, 15) is 30.3 Å². The maximum Gasteiger partial charge on any atom is 0.303 e. The summed E-state index contributed by atoms with van der Waals surface area (Å²) in [5.41, 5.74) is -1.95. The summed E-state index contributed by atoms with van der Waals surface area (Å²) < 4.78 is 18.4. The van der Waals surface area contributed by atoms with Crippen LogP contribution in [0.4, 0.5) is 0 Å². The van der Waals surface area contributed by atoms with E-state index in [4.69, 9.17) is 14.2 Å². The molecule has 0 radical (unpaired) electrons. The Morgan fingerprint density at radius 3 is 2.44 bits per heavy atom. The van der Waals surface area contributed by atoms with Crippen LogP contribution in [-0.4, -0.2) is 67.1 Å². The van der Waals surface area contributed by atoms with Gasteiger partial charge in [-0.15, -0.1) is 0 Å². The van der Waals surface area contributed by atoms with Gasteiger partial charge in [0.05, 0.1) is 35.6 Å². The summed E-state index contributed by atoms with van der Waals surface area (Å²) in [5, 5.41) is 56.5. The minimum absolute atomic E-state index is 0.00885. The summed E-state index contributed by atoms with van der Waals surface area (Å²) in [5.74, 6) is -2.18. The van der Waals surface area contributed by atoms with Gasteiger partial charge in [0.2, 0.25) is 0 Å². The number of hydrogen-bond donors (Lipinski definition) is 5. The molecule has 3 aliphatic rings. The van der Waals surface area contributed by atoms with E-state index in [1.54, 1.807) is 20.8 Å². The minimum Gasteiger partial charge on any atom is -0.507 e. The Balaban J connectivity index is 1.78. The molecule has 9 atom stereocenters. The maximum atomic E-state index is 11.8. The quantitative estimate of drug-likeness (QED) is 0.209. The summed E-state index contributed by atoms with van der Waals surface area (Å²) in [7, 11) is 0. The summed E-state index contributed by atoms with van der Waals surface area (Å²) in [6.07, 6.45) is -0.945. The van der Waals surface area contributed by atoms with Gasteiger partial charge in [0.1, 0.15) is 17.5 Å². The second kappa shape index (κ2) is 9.94. The lowest BCUT2D eigenvalue weighted by molar-refractivity contribution is -0.289. The highest BCUT2D eigenvalue weighted by Crippen LogP contribution is 2.64. The van der Waals surface area contributed by atoms with Crippen molar-refractivity contribution in [3.63, 3.8) is 0 Å². The first-order valence-electron chi connectivity index (χ1n) is 13.8. The Kier molecular flexibility index (Phi) is 7.56. The van der Waals surface area contributed by atoms with Crippen LogP contribution in [0.1, 0.15) is 97.8 Å². The zero-order valence-corrected chi connectivity index (χ0v) is 24.2. The summed E-state index contributed by atoms with van der Waals surface area (Å²) in [4.78, 5) is 11.8. The molecule has 218 valence electrons. The van der Waals surface area contributed by atoms with Crippen LogP contribution in [0.15, 0.2) is 17.7 Å². The van der Waals surface area contributed by atoms with Crippen molar-refractivity contribution in [3.8, 4) is 17.2 Å². The van der Waals surface area contributed by atoms with E-state index in [0.717, 1.165) is 5.57 Å². The minimum atomic E-state index is -1.28. The first kappa shape index (κ1) is 29.6. The van der Waals surface area contributed by atoms with Crippen molar-refractivity contribution in [1.29, 1.82) is 0 Å². The van der Waals surface area contributed by atoms with Gasteiger partial charge < -0.3 is 39.7 Å². The summed E-state index contributed by atoms with van der Waals surface area (Å²) >= 11 is 0. The lowest BCUT2D eigenvalue weighted by Crippen LogP contribution is -2.68. The average Bonchev–Trinajstić information content (AvgIpc) is 2.83. The second-order valence-electron chi connectivity index (χ2n) is 12.7. The smallest absolute Gasteiger partial charge is 0.303 e. The van der Waals surface area contributed by atoms with Crippen molar-refractivity contribution in [2.75, 3.05) is 0 Å². The third kappa shape index (κ3) is 4.71. The Bertz CT molecular complexity index is 1150. The van der Waals surface area contributed by atoms with Crippen LogP contribution < -0.4 is 4.74 Å². The first-order valence-corrected chi connectivity index (χ1v) is 13.8. The number of allylic oxidation sites excluding steroid dienone is 1. The molecule has 2 aliphatic heterocycles. The van der Waals surface area contributed by atoms with E-state index in [2.05, 4.69) is 0 Å². The largest absolute Gasteiger partial charge is 0.507 e. The molecule has 0 spiro atoms. The number of carbonyl (C=O) groups excluding carboxylic acids is 1. The molecule has 4 rings (SSSR count). The highest BCUT2D eigenvalue weighted by atomic mass is 16.5. The number of ether oxygens (including phenoxy) is 3. The molecule has 1 saturated heterocycles. The molecule has 0 bridgehead atoms. The number of hydrogen-bond acceptors (Lipinski definition) is 9. The number of carbonyl (C=O) groups is 1. The number of fused-ring (bicyclic) bond motifs is 4. The van der Waals surface area contributed by atoms with E-state index in [-0.39, 0.29) is 29.2 Å². The molecule has 1 aromatic rings. The van der Waals surface area contributed by atoms with Crippen LogP contribution in [0.5, 0.6) is 17.2 Å². The highest BCUT2D eigenvalue weighted by Gasteiger charge is 2.66. The molecular formula is C30H44O9. The topological polar surface area (TPSA) is 146 Å². The van der Waals surface area contributed by atoms with Gasteiger partial charge in [-0.25, -0.2) is 0 Å². The molecule has 0 aromatic heterocycles. The fourth-order valence-corrected chi connectivity index (χ4v) is 7.23. The number of aliphatic hydroxyl groups excluding tert-OH is 2. The number of aromatic hydroxyl groups is 2. The fourth-order valence-electron chi connectivity index (χ4n) is 7.23. The predicted octanol–water partition coefficient (Wildman–Crippen LogP) is 3.99. The van der Waals surface area contributed by atoms with E-state index in [1.165, 1.54) is 13.0 Å². The molecule has 2 fully saturated rings. The van der Waals surface area contributed by atoms with Gasteiger partial charge in [0, 0.05) is 36.2 Å². The zero-order chi connectivity index (χ0) is 29.2.